The molecule has 0 heterocycles. The van der Waals surface area contributed by atoms with E-state index >= 15 is 0 Å². The minimum Gasteiger partial charge on any atom is -0.423 e. The standard InChI is InChI=1S/C19H26BNO3/c1-4-18(19(2,3)22)15-7-5-14(6-8-15)13-21-17-11-9-16(10-12-17)20(23)24/h5-12,18,21-24H,4,13H2,1-3H3. The Morgan fingerprint density at radius 1 is 1.00 bits per heavy atom. The van der Waals surface area contributed by atoms with E-state index in [0.717, 1.165) is 23.2 Å². The molecule has 0 radical (unpaired) electrons. The van der Waals surface area contributed by atoms with Crippen molar-refractivity contribution in [3.63, 3.8) is 0 Å². The Hall–Kier alpha value is -1.82. The van der Waals surface area contributed by atoms with Crippen LogP contribution in [0.5, 0.6) is 0 Å². The predicted molar refractivity (Wildman–Crippen MR) is 99.4 cm³/mol. The molecule has 128 valence electrons. The Bertz CT molecular complexity index is 633. The van der Waals surface area contributed by atoms with Gasteiger partial charge in [0.05, 0.1) is 5.60 Å². The smallest absolute Gasteiger partial charge is 0.423 e. The van der Waals surface area contributed by atoms with E-state index in [9.17, 15) is 5.11 Å². The van der Waals surface area contributed by atoms with Gasteiger partial charge in [-0.15, -0.1) is 0 Å². The third-order valence-electron chi connectivity index (χ3n) is 4.35. The molecule has 0 aliphatic heterocycles. The van der Waals surface area contributed by atoms with E-state index < -0.39 is 12.7 Å². The molecule has 0 fully saturated rings. The van der Waals surface area contributed by atoms with Crippen LogP contribution in [0.3, 0.4) is 0 Å². The summed E-state index contributed by atoms with van der Waals surface area (Å²) in [6, 6.07) is 15.3. The molecule has 1 unspecified atom stereocenters. The topological polar surface area (TPSA) is 72.7 Å². The van der Waals surface area contributed by atoms with E-state index in [0.29, 0.717) is 12.0 Å². The Morgan fingerprint density at radius 3 is 2.04 bits per heavy atom. The molecule has 2 aromatic carbocycles. The van der Waals surface area contributed by atoms with E-state index in [4.69, 9.17) is 10.0 Å². The van der Waals surface area contributed by atoms with Gasteiger partial charge in [0.1, 0.15) is 0 Å². The highest BCUT2D eigenvalue weighted by Gasteiger charge is 2.26. The number of rotatable bonds is 7. The molecule has 0 aliphatic carbocycles. The number of aliphatic hydroxyl groups is 1. The lowest BCUT2D eigenvalue weighted by Crippen LogP contribution is -2.29. The second kappa shape index (κ2) is 7.84. The van der Waals surface area contributed by atoms with Crippen LogP contribution in [-0.2, 0) is 6.54 Å². The monoisotopic (exact) mass is 327 g/mol. The van der Waals surface area contributed by atoms with Crippen LogP contribution >= 0.6 is 0 Å². The Morgan fingerprint density at radius 2 is 1.58 bits per heavy atom. The fraction of sp³-hybridized carbons (Fsp3) is 0.368. The molecule has 0 amide bonds. The molecule has 4 nitrogen and oxygen atoms in total. The number of hydrogen-bond donors (Lipinski definition) is 4. The van der Waals surface area contributed by atoms with Gasteiger partial charge in [-0.2, -0.15) is 0 Å². The molecule has 0 bridgehead atoms. The molecule has 5 heteroatoms. The van der Waals surface area contributed by atoms with Crippen molar-refractivity contribution in [3.8, 4) is 0 Å². The van der Waals surface area contributed by atoms with Gasteiger partial charge in [0.2, 0.25) is 0 Å². The van der Waals surface area contributed by atoms with Gasteiger partial charge in [-0.05, 0) is 49.0 Å². The molecule has 0 spiro atoms. The summed E-state index contributed by atoms with van der Waals surface area (Å²) in [4.78, 5) is 0. The van der Waals surface area contributed by atoms with Gasteiger partial charge in [-0.3, -0.25) is 0 Å². The molecule has 0 saturated carbocycles. The molecule has 0 aromatic heterocycles. The zero-order valence-electron chi connectivity index (χ0n) is 14.5. The van der Waals surface area contributed by atoms with Crippen molar-refractivity contribution in [1.82, 2.24) is 0 Å². The summed E-state index contributed by atoms with van der Waals surface area (Å²) in [5.74, 6) is 0.122. The van der Waals surface area contributed by atoms with Crippen LogP contribution in [-0.4, -0.2) is 27.9 Å². The summed E-state index contributed by atoms with van der Waals surface area (Å²) in [6.45, 7) is 6.47. The summed E-state index contributed by atoms with van der Waals surface area (Å²) in [6.07, 6.45) is 0.893. The lowest BCUT2D eigenvalue weighted by atomic mass is 9.80. The van der Waals surface area contributed by atoms with E-state index in [1.54, 1.807) is 12.1 Å². The maximum Gasteiger partial charge on any atom is 0.488 e. The van der Waals surface area contributed by atoms with E-state index in [1.165, 1.54) is 0 Å². The SMILES string of the molecule is CCC(c1ccc(CNc2ccc(B(O)O)cc2)cc1)C(C)(C)O. The summed E-state index contributed by atoms with van der Waals surface area (Å²) < 4.78 is 0. The molecule has 2 aromatic rings. The minimum absolute atomic E-state index is 0.122. The van der Waals surface area contributed by atoms with Gasteiger partial charge >= 0.3 is 7.12 Å². The largest absolute Gasteiger partial charge is 0.488 e. The molecule has 4 N–H and O–H groups in total. The minimum atomic E-state index is -1.44. The first-order chi connectivity index (χ1) is 11.3. The molecule has 24 heavy (non-hydrogen) atoms. The van der Waals surface area contributed by atoms with Crippen LogP contribution in [0.15, 0.2) is 48.5 Å². The molecule has 0 aliphatic rings. The van der Waals surface area contributed by atoms with E-state index in [1.807, 2.05) is 26.0 Å². The van der Waals surface area contributed by atoms with Crippen molar-refractivity contribution >= 4 is 18.3 Å². The Labute approximate surface area is 144 Å². The van der Waals surface area contributed by atoms with Crippen molar-refractivity contribution in [2.75, 3.05) is 5.32 Å². The van der Waals surface area contributed by atoms with Crippen molar-refractivity contribution in [3.05, 3.63) is 59.7 Å². The predicted octanol–water partition coefficient (Wildman–Crippen LogP) is 2.24. The first kappa shape index (κ1) is 18.5. The van der Waals surface area contributed by atoms with Crippen LogP contribution in [0.25, 0.3) is 0 Å². The highest BCUT2D eigenvalue weighted by molar-refractivity contribution is 6.58. The zero-order valence-corrected chi connectivity index (χ0v) is 14.5. The fourth-order valence-electron chi connectivity index (χ4n) is 2.99. The van der Waals surface area contributed by atoms with Crippen molar-refractivity contribution < 1.29 is 15.2 Å². The lowest BCUT2D eigenvalue weighted by molar-refractivity contribution is 0.0482. The van der Waals surface area contributed by atoms with Gasteiger partial charge in [0, 0.05) is 18.2 Å². The first-order valence-electron chi connectivity index (χ1n) is 8.32. The van der Waals surface area contributed by atoms with Gasteiger partial charge in [0.25, 0.3) is 0 Å². The Kier molecular flexibility index (Phi) is 6.05. The summed E-state index contributed by atoms with van der Waals surface area (Å²) >= 11 is 0. The van der Waals surface area contributed by atoms with Gasteiger partial charge in [-0.25, -0.2) is 0 Å². The maximum absolute atomic E-state index is 10.3. The lowest BCUT2D eigenvalue weighted by Gasteiger charge is -2.29. The average molecular weight is 327 g/mol. The molecule has 2 rings (SSSR count). The number of nitrogens with one attached hydrogen (secondary N) is 1. The van der Waals surface area contributed by atoms with Gasteiger partial charge in [-0.1, -0.05) is 43.3 Å². The number of benzene rings is 2. The summed E-state index contributed by atoms with van der Waals surface area (Å²) in [5, 5.41) is 31.7. The normalized spacial score (nSPS) is 12.8. The van der Waals surface area contributed by atoms with Crippen LogP contribution in [0.4, 0.5) is 5.69 Å². The zero-order chi connectivity index (χ0) is 17.7. The summed E-state index contributed by atoms with van der Waals surface area (Å²) in [7, 11) is -1.44. The third-order valence-corrected chi connectivity index (χ3v) is 4.35. The quantitative estimate of drug-likeness (QED) is 0.589. The number of hydrogen-bond acceptors (Lipinski definition) is 4. The molecule has 0 saturated heterocycles. The second-order valence-electron chi connectivity index (χ2n) is 6.71. The van der Waals surface area contributed by atoms with Crippen LogP contribution in [0.1, 0.15) is 44.2 Å². The van der Waals surface area contributed by atoms with Crippen molar-refractivity contribution in [1.29, 1.82) is 0 Å². The van der Waals surface area contributed by atoms with Crippen LogP contribution < -0.4 is 10.8 Å². The summed E-state index contributed by atoms with van der Waals surface area (Å²) in [5.41, 5.74) is 2.97. The van der Waals surface area contributed by atoms with Crippen LogP contribution in [0, 0.1) is 0 Å². The molecular weight excluding hydrogens is 301 g/mol. The molecular formula is C19H26BNO3. The maximum atomic E-state index is 10.3. The second-order valence-corrected chi connectivity index (χ2v) is 6.71. The van der Waals surface area contributed by atoms with Crippen molar-refractivity contribution in [2.24, 2.45) is 0 Å². The third kappa shape index (κ3) is 4.84. The highest BCUT2D eigenvalue weighted by atomic mass is 16.4. The number of anilines is 1. The van der Waals surface area contributed by atoms with Crippen LogP contribution in [0.2, 0.25) is 0 Å². The first-order valence-corrected chi connectivity index (χ1v) is 8.32. The van der Waals surface area contributed by atoms with Crippen molar-refractivity contribution in [2.45, 2.75) is 45.3 Å². The Balaban J connectivity index is 1.99. The van der Waals surface area contributed by atoms with E-state index in [-0.39, 0.29) is 5.92 Å². The molecule has 1 atom stereocenters. The van der Waals surface area contributed by atoms with Gasteiger partial charge in [0.15, 0.2) is 0 Å². The average Bonchev–Trinajstić information content (AvgIpc) is 2.54. The van der Waals surface area contributed by atoms with E-state index in [2.05, 4.69) is 36.5 Å². The fourth-order valence-corrected chi connectivity index (χ4v) is 2.99. The highest BCUT2D eigenvalue weighted by Crippen LogP contribution is 2.31. The van der Waals surface area contributed by atoms with Gasteiger partial charge < -0.3 is 20.5 Å².